The maximum absolute atomic E-state index is 15.6. The van der Waals surface area contributed by atoms with E-state index in [1.165, 1.54) is 12.2 Å². The largest absolute Gasteiger partial charge is 0.378 e. The van der Waals surface area contributed by atoms with Crippen LogP contribution in [-0.4, -0.2) is 94.1 Å². The zero-order valence-corrected chi connectivity index (χ0v) is 30.4. The van der Waals surface area contributed by atoms with E-state index < -0.39 is 5.83 Å². The minimum Gasteiger partial charge on any atom is -0.378 e. The minimum absolute atomic E-state index is 0.352. The van der Waals surface area contributed by atoms with Crippen LogP contribution in [0.5, 0.6) is 0 Å². The van der Waals surface area contributed by atoms with Crippen LogP contribution < -0.4 is 19.6 Å². The highest BCUT2D eigenvalue weighted by Crippen LogP contribution is 2.38. The molecule has 0 fully saturated rings. The van der Waals surface area contributed by atoms with Gasteiger partial charge in [-0.15, -0.1) is 0 Å². The van der Waals surface area contributed by atoms with E-state index in [0.717, 1.165) is 66.4 Å². The number of hydrogen-bond donors (Lipinski definition) is 0. The highest BCUT2D eigenvalue weighted by molar-refractivity contribution is 6.25. The Balaban J connectivity index is 1.32. The van der Waals surface area contributed by atoms with Crippen LogP contribution in [0.3, 0.4) is 0 Å². The molecule has 3 aliphatic rings. The van der Waals surface area contributed by atoms with Gasteiger partial charge in [0, 0.05) is 113 Å². The number of aliphatic imine (C=N–C) groups is 4. The summed E-state index contributed by atoms with van der Waals surface area (Å²) in [6.45, 7) is 0. The molecule has 0 spiro atoms. The Morgan fingerprint density at radius 2 is 0.808 bits per heavy atom. The smallest absolute Gasteiger partial charge is 0.243 e. The number of benzene rings is 4. The van der Waals surface area contributed by atoms with Crippen molar-refractivity contribution in [2.24, 2.45) is 20.0 Å². The summed E-state index contributed by atoms with van der Waals surface area (Å²) in [5, 5.41) is 4.25. The fourth-order valence-electron chi connectivity index (χ4n) is 7.20. The first-order chi connectivity index (χ1) is 25.0. The van der Waals surface area contributed by atoms with Crippen LogP contribution in [0.4, 0.5) is 27.1 Å². The number of anilines is 4. The van der Waals surface area contributed by atoms with Gasteiger partial charge in [0.05, 0.1) is 22.1 Å². The standard InChI is InChI=1S/C40H38FN11/c1-46(2)24-9-13-28-29-14-10-25(47(3)4)20-33(29)50(32(28)19-24)38-42-36-17-23(41)18-37-43-39(45-40(44-38)52(36)37)51-34-21-26(48(5)6)11-15-30(34)31-16-12-27(49(7)8)22-35(31)51/h9-22H,1-8H3. The summed E-state index contributed by atoms with van der Waals surface area (Å²) in [4.78, 5) is 30.3. The Morgan fingerprint density at radius 1 is 0.442 bits per heavy atom. The van der Waals surface area contributed by atoms with Crippen molar-refractivity contribution in [1.29, 1.82) is 0 Å². The topological polar surface area (TPSA) is 75.5 Å². The van der Waals surface area contributed by atoms with E-state index in [2.05, 4.69) is 102 Å². The third-order valence-electron chi connectivity index (χ3n) is 9.96. The number of nitrogens with zero attached hydrogens (tertiary/aromatic N) is 11. The first-order valence-electron chi connectivity index (χ1n) is 17.1. The molecule has 52 heavy (non-hydrogen) atoms. The average Bonchev–Trinajstić information content (AvgIpc) is 3.62. The molecule has 0 aliphatic carbocycles. The van der Waals surface area contributed by atoms with Crippen LogP contribution in [0, 0.1) is 0 Å². The van der Waals surface area contributed by atoms with Gasteiger partial charge in [0.2, 0.25) is 17.9 Å². The van der Waals surface area contributed by atoms with Crippen molar-refractivity contribution >= 4 is 90.1 Å². The number of allylic oxidation sites excluding steroid dienone is 2. The fourth-order valence-corrected chi connectivity index (χ4v) is 7.20. The van der Waals surface area contributed by atoms with E-state index in [9.17, 15) is 0 Å². The molecule has 0 N–H and O–H groups in total. The zero-order chi connectivity index (χ0) is 36.2. The summed E-state index contributed by atoms with van der Waals surface area (Å²) >= 11 is 0. The van der Waals surface area contributed by atoms with Gasteiger partial charge in [-0.05, 0) is 48.5 Å². The molecule has 0 saturated heterocycles. The van der Waals surface area contributed by atoms with Crippen LogP contribution in [0.1, 0.15) is 0 Å². The van der Waals surface area contributed by atoms with E-state index in [4.69, 9.17) is 20.0 Å². The Kier molecular flexibility index (Phi) is 6.85. The van der Waals surface area contributed by atoms with Gasteiger partial charge in [-0.2, -0.15) is 20.0 Å². The number of hydrogen-bond acceptors (Lipinski definition) is 9. The van der Waals surface area contributed by atoms with Gasteiger partial charge in [0.15, 0.2) is 0 Å². The predicted octanol–water partition coefficient (Wildman–Crippen LogP) is 7.07. The lowest BCUT2D eigenvalue weighted by molar-refractivity contribution is 0.629. The summed E-state index contributed by atoms with van der Waals surface area (Å²) in [7, 11) is 16.2. The Hall–Kier alpha value is -6.43. The Labute approximate surface area is 300 Å². The number of rotatable bonds is 4. The molecule has 2 aromatic heterocycles. The Bertz CT molecular complexity index is 2450. The molecule has 260 valence electrons. The predicted molar refractivity (Wildman–Crippen MR) is 216 cm³/mol. The monoisotopic (exact) mass is 691 g/mol. The third kappa shape index (κ3) is 4.70. The number of fused-ring (bicyclic) bond motifs is 6. The molecule has 0 bridgehead atoms. The van der Waals surface area contributed by atoms with E-state index in [1.54, 1.807) is 4.90 Å². The molecule has 3 aliphatic heterocycles. The highest BCUT2D eigenvalue weighted by atomic mass is 19.1. The van der Waals surface area contributed by atoms with Gasteiger partial charge in [-0.1, -0.05) is 24.3 Å². The molecule has 0 unspecified atom stereocenters. The molecule has 0 atom stereocenters. The van der Waals surface area contributed by atoms with Gasteiger partial charge in [-0.3, -0.25) is 9.13 Å². The number of amidine groups is 1. The van der Waals surface area contributed by atoms with E-state index in [1.807, 2.05) is 56.4 Å². The van der Waals surface area contributed by atoms with Gasteiger partial charge in [0.1, 0.15) is 17.5 Å². The molecule has 0 saturated carbocycles. The van der Waals surface area contributed by atoms with Crippen molar-refractivity contribution in [3.63, 3.8) is 0 Å². The first kappa shape index (κ1) is 31.5. The summed E-state index contributed by atoms with van der Waals surface area (Å²) in [6, 6.07) is 25.6. The van der Waals surface area contributed by atoms with Crippen LogP contribution in [-0.2, 0) is 0 Å². The van der Waals surface area contributed by atoms with Crippen LogP contribution in [0.25, 0.3) is 43.6 Å². The normalized spacial score (nSPS) is 15.3. The molecule has 9 rings (SSSR count). The molecule has 11 nitrogen and oxygen atoms in total. The van der Waals surface area contributed by atoms with Crippen LogP contribution in [0.15, 0.2) is 117 Å². The fraction of sp³-hybridized carbons (Fsp3) is 0.200. The lowest BCUT2D eigenvalue weighted by atomic mass is 10.1. The molecule has 12 heteroatoms. The molecule has 0 amide bonds. The summed E-state index contributed by atoms with van der Waals surface area (Å²) in [6.07, 6.45) is 2.82. The molecule has 6 aromatic rings. The quantitative estimate of drug-likeness (QED) is 0.198. The first-order valence-corrected chi connectivity index (χ1v) is 17.1. The van der Waals surface area contributed by atoms with Crippen molar-refractivity contribution in [2.45, 2.75) is 0 Å². The number of guanidine groups is 1. The second-order valence-electron chi connectivity index (χ2n) is 14.1. The van der Waals surface area contributed by atoms with Crippen molar-refractivity contribution < 1.29 is 4.39 Å². The average molecular weight is 692 g/mol. The molecular formula is C40H38FN11. The van der Waals surface area contributed by atoms with E-state index in [0.29, 0.717) is 29.5 Å². The number of aromatic nitrogens is 2. The minimum atomic E-state index is -0.449. The van der Waals surface area contributed by atoms with Crippen LogP contribution in [0.2, 0.25) is 0 Å². The molecule has 5 heterocycles. The van der Waals surface area contributed by atoms with Crippen molar-refractivity contribution in [2.75, 3.05) is 76.0 Å². The molecule has 4 aromatic carbocycles. The number of halogens is 1. The van der Waals surface area contributed by atoms with Gasteiger partial charge < -0.3 is 19.6 Å². The van der Waals surface area contributed by atoms with Crippen LogP contribution >= 0.6 is 0 Å². The van der Waals surface area contributed by atoms with E-state index >= 15 is 4.39 Å². The van der Waals surface area contributed by atoms with E-state index in [-0.39, 0.29) is 0 Å². The van der Waals surface area contributed by atoms with Crippen molar-refractivity contribution in [1.82, 2.24) is 14.0 Å². The van der Waals surface area contributed by atoms with Crippen molar-refractivity contribution in [3.05, 3.63) is 96.6 Å². The maximum atomic E-state index is 15.6. The van der Waals surface area contributed by atoms with Gasteiger partial charge >= 0.3 is 0 Å². The van der Waals surface area contributed by atoms with Gasteiger partial charge in [0.25, 0.3) is 0 Å². The lowest BCUT2D eigenvalue weighted by Gasteiger charge is -2.32. The molecular weight excluding hydrogens is 654 g/mol. The second-order valence-corrected chi connectivity index (χ2v) is 14.1. The SMILES string of the molecule is CN(C)c1ccc2c3ccc(N(C)C)cc3n(C3=NC4=CC(F)=CC5=NC(n6c7cc(N(C)C)ccc7c7ccc(N(C)C)cc76)=NC(=N3)N45)c2c1. The maximum Gasteiger partial charge on any atom is 0.243 e. The van der Waals surface area contributed by atoms with Gasteiger partial charge in [-0.25, -0.2) is 9.29 Å². The third-order valence-corrected chi connectivity index (χ3v) is 9.96. The van der Waals surface area contributed by atoms with Crippen molar-refractivity contribution in [3.8, 4) is 0 Å². The summed E-state index contributed by atoms with van der Waals surface area (Å²) < 4.78 is 19.7. The molecule has 0 radical (unpaired) electrons. The lowest BCUT2D eigenvalue weighted by Crippen LogP contribution is -2.43. The zero-order valence-electron chi connectivity index (χ0n) is 30.4. The summed E-state index contributed by atoms with van der Waals surface area (Å²) in [5.74, 6) is 1.39. The summed E-state index contributed by atoms with van der Waals surface area (Å²) in [5.41, 5.74) is 7.88. The highest BCUT2D eigenvalue weighted by Gasteiger charge is 2.35. The second kappa shape index (κ2) is 11.3. The Morgan fingerprint density at radius 3 is 1.19 bits per heavy atom.